The summed E-state index contributed by atoms with van der Waals surface area (Å²) in [6.45, 7) is 0.361. The highest BCUT2D eigenvalue weighted by Gasteiger charge is 2.38. The second-order valence-electron chi connectivity index (χ2n) is 4.50. The smallest absolute Gasteiger partial charge is 0.246 e. The zero-order chi connectivity index (χ0) is 15.6. The van der Waals surface area contributed by atoms with Gasteiger partial charge in [0.05, 0.1) is 18.9 Å². The third kappa shape index (κ3) is 3.20. The largest absolute Gasteiger partial charge is 0.398 e. The van der Waals surface area contributed by atoms with E-state index in [1.807, 2.05) is 0 Å². The van der Waals surface area contributed by atoms with Crippen LogP contribution in [0.2, 0.25) is 0 Å². The molecule has 0 saturated carbocycles. The molecular formula is C12H16BrN3O4S. The van der Waals surface area contributed by atoms with Crippen LogP contribution >= 0.6 is 15.9 Å². The molecule has 1 aromatic carbocycles. The molecule has 0 aromatic heterocycles. The van der Waals surface area contributed by atoms with E-state index in [2.05, 4.69) is 21.2 Å². The summed E-state index contributed by atoms with van der Waals surface area (Å²) in [4.78, 5) is 11.8. The van der Waals surface area contributed by atoms with E-state index in [-0.39, 0.29) is 30.3 Å². The normalized spacial score (nSPS) is 20.2. The Labute approximate surface area is 131 Å². The summed E-state index contributed by atoms with van der Waals surface area (Å²) in [6, 6.07) is 3.70. The fraction of sp³-hybridized carbons (Fsp3) is 0.417. The third-order valence-corrected chi connectivity index (χ3v) is 5.65. The summed E-state index contributed by atoms with van der Waals surface area (Å²) in [5.41, 5.74) is 5.92. The monoisotopic (exact) mass is 377 g/mol. The summed E-state index contributed by atoms with van der Waals surface area (Å²) >= 11 is 3.23. The molecule has 0 spiro atoms. The number of amides is 1. The molecule has 0 bridgehead atoms. The molecule has 0 aliphatic carbocycles. The number of nitrogens with zero attached hydrogens (tertiary/aromatic N) is 1. The van der Waals surface area contributed by atoms with Crippen molar-refractivity contribution < 1.29 is 17.9 Å². The SMILES string of the molecule is CNC(=O)C1COCCN1S(=O)(=O)c1cc(Br)ccc1N. The molecule has 1 aliphatic heterocycles. The molecule has 2 rings (SSSR count). The van der Waals surface area contributed by atoms with Gasteiger partial charge >= 0.3 is 0 Å². The maximum atomic E-state index is 12.8. The number of rotatable bonds is 3. The van der Waals surface area contributed by atoms with Crippen LogP contribution in [0.4, 0.5) is 5.69 Å². The molecule has 1 heterocycles. The first-order chi connectivity index (χ1) is 9.87. The fourth-order valence-electron chi connectivity index (χ4n) is 2.11. The number of likely N-dealkylation sites (N-methyl/N-ethyl adjacent to an activating group) is 1. The number of morpholine rings is 1. The lowest BCUT2D eigenvalue weighted by Gasteiger charge is -2.33. The van der Waals surface area contributed by atoms with Crippen LogP contribution in [0.15, 0.2) is 27.6 Å². The number of hydrogen-bond donors (Lipinski definition) is 2. The Morgan fingerprint density at radius 3 is 2.90 bits per heavy atom. The molecule has 0 radical (unpaired) electrons. The summed E-state index contributed by atoms with van der Waals surface area (Å²) in [6.07, 6.45) is 0. The van der Waals surface area contributed by atoms with E-state index in [0.717, 1.165) is 4.31 Å². The molecule has 1 saturated heterocycles. The van der Waals surface area contributed by atoms with Crippen molar-refractivity contribution in [3.63, 3.8) is 0 Å². The summed E-state index contributed by atoms with van der Waals surface area (Å²) in [5, 5.41) is 2.45. The number of ether oxygens (including phenoxy) is 1. The van der Waals surface area contributed by atoms with E-state index in [9.17, 15) is 13.2 Å². The molecule has 1 unspecified atom stereocenters. The van der Waals surface area contributed by atoms with E-state index in [4.69, 9.17) is 10.5 Å². The van der Waals surface area contributed by atoms with E-state index in [1.165, 1.54) is 19.2 Å². The number of hydrogen-bond acceptors (Lipinski definition) is 5. The van der Waals surface area contributed by atoms with Crippen LogP contribution in [0, 0.1) is 0 Å². The van der Waals surface area contributed by atoms with Gasteiger partial charge in [-0.3, -0.25) is 4.79 Å². The van der Waals surface area contributed by atoms with Crippen LogP contribution < -0.4 is 11.1 Å². The average molecular weight is 378 g/mol. The molecular weight excluding hydrogens is 362 g/mol. The van der Waals surface area contributed by atoms with E-state index < -0.39 is 22.0 Å². The van der Waals surface area contributed by atoms with Crippen LogP contribution in [-0.2, 0) is 19.6 Å². The minimum atomic E-state index is -3.88. The lowest BCUT2D eigenvalue weighted by molar-refractivity contribution is -0.128. The number of halogens is 1. The zero-order valence-corrected chi connectivity index (χ0v) is 13.8. The van der Waals surface area contributed by atoms with Gasteiger partial charge in [0.25, 0.3) is 0 Å². The van der Waals surface area contributed by atoms with Crippen LogP contribution in [-0.4, -0.2) is 51.5 Å². The van der Waals surface area contributed by atoms with Gasteiger partial charge in [0, 0.05) is 18.1 Å². The average Bonchev–Trinajstić information content (AvgIpc) is 2.48. The van der Waals surface area contributed by atoms with Crippen LogP contribution in [0.1, 0.15) is 0 Å². The molecule has 1 fully saturated rings. The Morgan fingerprint density at radius 2 is 2.24 bits per heavy atom. The maximum absolute atomic E-state index is 12.8. The van der Waals surface area contributed by atoms with Gasteiger partial charge < -0.3 is 15.8 Å². The van der Waals surface area contributed by atoms with Crippen molar-refractivity contribution in [1.29, 1.82) is 0 Å². The quantitative estimate of drug-likeness (QED) is 0.730. The number of anilines is 1. The Morgan fingerprint density at radius 1 is 1.52 bits per heavy atom. The van der Waals surface area contributed by atoms with Crippen molar-refractivity contribution in [3.8, 4) is 0 Å². The molecule has 1 amide bonds. The zero-order valence-electron chi connectivity index (χ0n) is 11.4. The van der Waals surface area contributed by atoms with Gasteiger partial charge in [-0.1, -0.05) is 15.9 Å². The highest BCUT2D eigenvalue weighted by atomic mass is 79.9. The van der Waals surface area contributed by atoms with E-state index in [0.29, 0.717) is 4.47 Å². The lowest BCUT2D eigenvalue weighted by atomic mass is 10.2. The molecule has 1 aromatic rings. The van der Waals surface area contributed by atoms with Gasteiger partial charge in [0.2, 0.25) is 15.9 Å². The number of benzene rings is 1. The molecule has 9 heteroatoms. The minimum Gasteiger partial charge on any atom is -0.398 e. The van der Waals surface area contributed by atoms with Gasteiger partial charge in [-0.05, 0) is 18.2 Å². The standard InChI is InChI=1S/C12H16BrN3O4S/c1-15-12(17)10-7-20-5-4-16(10)21(18,19)11-6-8(13)2-3-9(11)14/h2-3,6,10H,4-5,7,14H2,1H3,(H,15,17). The predicted molar refractivity (Wildman–Crippen MR) is 81.1 cm³/mol. The summed E-state index contributed by atoms with van der Waals surface area (Å²) < 4.78 is 32.5. The molecule has 116 valence electrons. The molecule has 1 aliphatic rings. The van der Waals surface area contributed by atoms with Crippen LogP contribution in [0.5, 0.6) is 0 Å². The first kappa shape index (κ1) is 16.2. The van der Waals surface area contributed by atoms with Gasteiger partial charge in [-0.15, -0.1) is 0 Å². The van der Waals surface area contributed by atoms with Crippen molar-refractivity contribution in [2.45, 2.75) is 10.9 Å². The second-order valence-corrected chi connectivity index (χ2v) is 7.28. The topological polar surface area (TPSA) is 102 Å². The number of nitrogens with one attached hydrogen (secondary N) is 1. The fourth-order valence-corrected chi connectivity index (χ4v) is 4.32. The van der Waals surface area contributed by atoms with E-state index >= 15 is 0 Å². The van der Waals surface area contributed by atoms with Crippen LogP contribution in [0.25, 0.3) is 0 Å². The summed E-state index contributed by atoms with van der Waals surface area (Å²) in [5.74, 6) is -0.410. The molecule has 21 heavy (non-hydrogen) atoms. The molecule has 1 atom stereocenters. The Kier molecular flexibility index (Phi) is 4.87. The predicted octanol–water partition coefficient (Wildman–Crippen LogP) is 0.167. The van der Waals surface area contributed by atoms with Gasteiger partial charge in [-0.2, -0.15) is 4.31 Å². The number of nitrogen functional groups attached to an aromatic ring is 1. The number of sulfonamides is 1. The van der Waals surface area contributed by atoms with Gasteiger partial charge in [0.15, 0.2) is 0 Å². The number of carbonyl (C=O) groups is 1. The van der Waals surface area contributed by atoms with Gasteiger partial charge in [-0.25, -0.2) is 8.42 Å². The third-order valence-electron chi connectivity index (χ3n) is 3.19. The molecule has 3 N–H and O–H groups in total. The lowest BCUT2D eigenvalue weighted by Crippen LogP contribution is -2.55. The number of carbonyl (C=O) groups excluding carboxylic acids is 1. The number of nitrogens with two attached hydrogens (primary N) is 1. The van der Waals surface area contributed by atoms with Crippen molar-refractivity contribution in [1.82, 2.24) is 9.62 Å². The Hall–Kier alpha value is -1.16. The highest BCUT2D eigenvalue weighted by molar-refractivity contribution is 9.10. The van der Waals surface area contributed by atoms with Crippen molar-refractivity contribution in [2.24, 2.45) is 0 Å². The first-order valence-corrected chi connectivity index (χ1v) is 8.47. The van der Waals surface area contributed by atoms with Crippen molar-refractivity contribution in [3.05, 3.63) is 22.7 Å². The maximum Gasteiger partial charge on any atom is 0.246 e. The van der Waals surface area contributed by atoms with Crippen LogP contribution in [0.3, 0.4) is 0 Å². The Balaban J connectivity index is 2.45. The summed E-state index contributed by atoms with van der Waals surface area (Å²) in [7, 11) is -2.43. The first-order valence-electron chi connectivity index (χ1n) is 6.24. The Bertz CT molecular complexity index is 650. The minimum absolute atomic E-state index is 0.0206. The second kappa shape index (κ2) is 6.30. The van der Waals surface area contributed by atoms with Crippen molar-refractivity contribution in [2.75, 3.05) is 32.5 Å². The van der Waals surface area contributed by atoms with Gasteiger partial charge in [0.1, 0.15) is 10.9 Å². The van der Waals surface area contributed by atoms with Crippen molar-refractivity contribution >= 4 is 37.5 Å². The van der Waals surface area contributed by atoms with E-state index in [1.54, 1.807) is 6.07 Å². The molecule has 7 nitrogen and oxygen atoms in total. The highest BCUT2D eigenvalue weighted by Crippen LogP contribution is 2.28.